The maximum atomic E-state index is 13.7. The first-order chi connectivity index (χ1) is 20.3. The van der Waals surface area contributed by atoms with E-state index in [-0.39, 0.29) is 16.4 Å². The molecule has 0 spiro atoms. The zero-order valence-corrected chi connectivity index (χ0v) is 24.2. The fourth-order valence-electron chi connectivity index (χ4n) is 4.96. The van der Waals surface area contributed by atoms with Crippen LogP contribution >= 0.6 is 0 Å². The Morgan fingerprint density at radius 2 is 1.67 bits per heavy atom. The van der Waals surface area contributed by atoms with Crippen molar-refractivity contribution in [2.75, 3.05) is 6.26 Å². The van der Waals surface area contributed by atoms with Gasteiger partial charge in [-0.3, -0.25) is 4.68 Å². The van der Waals surface area contributed by atoms with Crippen molar-refractivity contribution in [3.05, 3.63) is 78.3 Å². The number of hydrogen-bond donors (Lipinski definition) is 0. The fourth-order valence-corrected chi connectivity index (χ4v) is 5.63. The molecule has 6 rings (SSSR count). The Morgan fingerprint density at radius 1 is 0.953 bits per heavy atom. The molecule has 1 aliphatic rings. The Labute approximate surface area is 245 Å². The third-order valence-corrected chi connectivity index (χ3v) is 8.19. The zero-order chi connectivity index (χ0) is 30.7. The Bertz CT molecular complexity index is 2060. The number of sulfone groups is 1. The Morgan fingerprint density at radius 3 is 2.42 bits per heavy atom. The summed E-state index contributed by atoms with van der Waals surface area (Å²) in [6.45, 7) is 3.43. The maximum Gasteiger partial charge on any atom is 0.586 e. The van der Waals surface area contributed by atoms with Gasteiger partial charge in [0.15, 0.2) is 33.0 Å². The molecular weight excluding hydrogens is 578 g/mol. The van der Waals surface area contributed by atoms with Crippen molar-refractivity contribution in [1.82, 2.24) is 14.8 Å². The number of halogens is 2. The van der Waals surface area contributed by atoms with E-state index in [1.54, 1.807) is 49.8 Å². The highest BCUT2D eigenvalue weighted by Gasteiger charge is 2.43. The number of hydrogen-bond acceptors (Lipinski definition) is 8. The minimum absolute atomic E-state index is 0.0991. The van der Waals surface area contributed by atoms with Gasteiger partial charge < -0.3 is 13.9 Å². The van der Waals surface area contributed by atoms with Gasteiger partial charge in [-0.25, -0.2) is 13.4 Å². The quantitative estimate of drug-likeness (QED) is 0.210. The van der Waals surface area contributed by atoms with Crippen LogP contribution in [0, 0.1) is 18.3 Å². The molecule has 3 heterocycles. The normalized spacial score (nSPS) is 14.4. The molecule has 0 aliphatic carbocycles. The van der Waals surface area contributed by atoms with Crippen LogP contribution in [0.1, 0.15) is 24.4 Å². The van der Waals surface area contributed by atoms with E-state index < -0.39 is 22.0 Å². The summed E-state index contributed by atoms with van der Waals surface area (Å²) in [4.78, 5) is 4.75. The highest BCUT2D eigenvalue weighted by atomic mass is 32.2. The van der Waals surface area contributed by atoms with Crippen LogP contribution in [0.5, 0.6) is 11.5 Å². The van der Waals surface area contributed by atoms with Crippen LogP contribution in [0.25, 0.3) is 45.0 Å². The molecule has 0 saturated heterocycles. The average Bonchev–Trinajstić information content (AvgIpc) is 3.64. The van der Waals surface area contributed by atoms with Gasteiger partial charge in [0.1, 0.15) is 5.69 Å². The summed E-state index contributed by atoms with van der Waals surface area (Å²) in [5.41, 5.74) is 4.72. The number of aromatic nitrogens is 3. The fraction of sp³-hybridized carbons (Fsp3) is 0.194. The monoisotopic (exact) mass is 602 g/mol. The van der Waals surface area contributed by atoms with Gasteiger partial charge in [0, 0.05) is 36.9 Å². The molecule has 2 aromatic heterocycles. The second-order valence-electron chi connectivity index (χ2n) is 10.2. The summed E-state index contributed by atoms with van der Waals surface area (Å²) in [5, 5.41) is 14.0. The summed E-state index contributed by atoms with van der Waals surface area (Å²) in [7, 11) is -1.69. The number of alkyl halides is 2. The molecule has 5 aromatic rings. The van der Waals surface area contributed by atoms with Gasteiger partial charge in [0.25, 0.3) is 0 Å². The number of aryl methyl sites for hydroxylation is 2. The number of ether oxygens (including phenoxy) is 2. The average molecular weight is 603 g/mol. The van der Waals surface area contributed by atoms with E-state index >= 15 is 0 Å². The van der Waals surface area contributed by atoms with Crippen molar-refractivity contribution >= 4 is 9.84 Å². The van der Waals surface area contributed by atoms with Crippen LogP contribution in [-0.4, -0.2) is 35.7 Å². The largest absolute Gasteiger partial charge is 0.586 e. The third-order valence-electron chi connectivity index (χ3n) is 7.08. The lowest BCUT2D eigenvalue weighted by molar-refractivity contribution is -0.286. The third kappa shape index (κ3) is 5.23. The smallest absolute Gasteiger partial charge is 0.440 e. The molecule has 0 N–H and O–H groups in total. The SMILES string of the molecule is Cc1nc(-c2ccc3c(c2)OC(F)(F)O3)c(-c2cc(-c3cccc(S(C)(=O)=O)c3)ccc2-c2cc(C(C)C#N)nn2C)o1. The lowest BCUT2D eigenvalue weighted by Gasteiger charge is -2.13. The van der Waals surface area contributed by atoms with E-state index in [9.17, 15) is 22.5 Å². The van der Waals surface area contributed by atoms with E-state index in [1.807, 2.05) is 24.3 Å². The molecule has 0 amide bonds. The van der Waals surface area contributed by atoms with Crippen LogP contribution in [0.15, 0.2) is 76.0 Å². The molecule has 12 heteroatoms. The number of nitriles is 1. The van der Waals surface area contributed by atoms with Gasteiger partial charge in [0.05, 0.1) is 28.3 Å². The zero-order valence-electron chi connectivity index (χ0n) is 23.4. The van der Waals surface area contributed by atoms with Gasteiger partial charge in [-0.2, -0.15) is 10.4 Å². The van der Waals surface area contributed by atoms with Crippen molar-refractivity contribution in [2.45, 2.75) is 31.0 Å². The lowest BCUT2D eigenvalue weighted by atomic mass is 9.94. The minimum Gasteiger partial charge on any atom is -0.440 e. The van der Waals surface area contributed by atoms with E-state index in [0.29, 0.717) is 56.6 Å². The molecule has 9 nitrogen and oxygen atoms in total. The number of rotatable bonds is 6. The Hall–Kier alpha value is -5.02. The number of oxazole rings is 1. The summed E-state index contributed by atoms with van der Waals surface area (Å²) < 4.78 is 69.1. The predicted molar refractivity (Wildman–Crippen MR) is 153 cm³/mol. The number of fused-ring (bicyclic) bond motifs is 1. The van der Waals surface area contributed by atoms with Crippen LogP contribution in [0.3, 0.4) is 0 Å². The first kappa shape index (κ1) is 28.1. The summed E-state index contributed by atoms with van der Waals surface area (Å²) >= 11 is 0. The molecule has 1 unspecified atom stereocenters. The first-order valence-corrected chi connectivity index (χ1v) is 15.0. The van der Waals surface area contributed by atoms with Gasteiger partial charge >= 0.3 is 6.29 Å². The summed E-state index contributed by atoms with van der Waals surface area (Å²) in [6, 6.07) is 20.5. The standard InChI is InChI=1S/C31H24F2N4O5S/c1-17(16-34)25-15-26(37(3)36-25)23-10-8-20(19-6-5-7-22(12-19)43(4,38)39)13-24(23)30-29(35-18(2)40-30)21-9-11-27-28(14-21)42-31(32,33)41-27/h5-15,17H,1-4H3. The molecule has 43 heavy (non-hydrogen) atoms. The number of benzene rings is 3. The molecule has 0 fully saturated rings. The second kappa shape index (κ2) is 10.1. The van der Waals surface area contributed by atoms with Gasteiger partial charge in [-0.05, 0) is 60.5 Å². The molecule has 0 bridgehead atoms. The van der Waals surface area contributed by atoms with Crippen molar-refractivity contribution in [3.63, 3.8) is 0 Å². The molecule has 1 atom stereocenters. The second-order valence-corrected chi connectivity index (χ2v) is 12.2. The van der Waals surface area contributed by atoms with Crippen molar-refractivity contribution in [2.24, 2.45) is 7.05 Å². The van der Waals surface area contributed by atoms with E-state index in [0.717, 1.165) is 6.26 Å². The highest BCUT2D eigenvalue weighted by Crippen LogP contribution is 2.46. The molecule has 0 radical (unpaired) electrons. The summed E-state index contributed by atoms with van der Waals surface area (Å²) in [6.07, 6.45) is -2.63. The first-order valence-electron chi connectivity index (χ1n) is 13.1. The van der Waals surface area contributed by atoms with Crippen molar-refractivity contribution in [3.8, 4) is 62.5 Å². The number of nitrogens with zero attached hydrogens (tertiary/aromatic N) is 4. The minimum atomic E-state index is -3.77. The summed E-state index contributed by atoms with van der Waals surface area (Å²) in [5.74, 6) is -0.0146. The maximum absolute atomic E-state index is 13.7. The van der Waals surface area contributed by atoms with Crippen molar-refractivity contribution < 1.29 is 31.1 Å². The topological polar surface area (TPSA) is 120 Å². The van der Waals surface area contributed by atoms with Gasteiger partial charge in [-0.1, -0.05) is 24.3 Å². The van der Waals surface area contributed by atoms with Crippen LogP contribution < -0.4 is 9.47 Å². The van der Waals surface area contributed by atoms with Gasteiger partial charge in [-0.15, -0.1) is 8.78 Å². The van der Waals surface area contributed by atoms with Crippen LogP contribution in [0.4, 0.5) is 8.78 Å². The van der Waals surface area contributed by atoms with Gasteiger partial charge in [0.2, 0.25) is 0 Å². The predicted octanol–water partition coefficient (Wildman–Crippen LogP) is 6.74. The molecule has 218 valence electrons. The lowest BCUT2D eigenvalue weighted by Crippen LogP contribution is -2.25. The molecular formula is C31H24F2N4O5S. The highest BCUT2D eigenvalue weighted by molar-refractivity contribution is 7.90. The Balaban J connectivity index is 1.57. The Kier molecular flexibility index (Phi) is 6.58. The molecule has 1 aliphatic heterocycles. The molecule has 3 aromatic carbocycles. The van der Waals surface area contributed by atoms with Crippen LogP contribution in [0.2, 0.25) is 0 Å². The molecule has 0 saturated carbocycles. The van der Waals surface area contributed by atoms with Crippen LogP contribution in [-0.2, 0) is 16.9 Å². The van der Waals surface area contributed by atoms with E-state index in [4.69, 9.17) is 4.42 Å². The van der Waals surface area contributed by atoms with E-state index in [2.05, 4.69) is 25.6 Å². The van der Waals surface area contributed by atoms with Crippen molar-refractivity contribution in [1.29, 1.82) is 5.26 Å². The van der Waals surface area contributed by atoms with E-state index in [1.165, 1.54) is 18.2 Å².